The zero-order chi connectivity index (χ0) is 25.2. The summed E-state index contributed by atoms with van der Waals surface area (Å²) in [5, 5.41) is 7.29. The Morgan fingerprint density at radius 1 is 1.09 bits per heavy atom. The number of carbonyl (C=O) groups excluding carboxylic acids is 3. The summed E-state index contributed by atoms with van der Waals surface area (Å²) in [7, 11) is 0. The molecule has 2 heterocycles. The van der Waals surface area contributed by atoms with Gasteiger partial charge in [-0.25, -0.2) is 4.79 Å². The molecular weight excluding hydrogens is 444 g/mol. The average Bonchev–Trinajstić information content (AvgIpc) is 3.28. The zero-order valence-electron chi connectivity index (χ0n) is 20.5. The quantitative estimate of drug-likeness (QED) is 0.528. The Morgan fingerprint density at radius 3 is 2.51 bits per heavy atom. The normalized spacial score (nSPS) is 17.1. The molecule has 182 valence electrons. The van der Waals surface area contributed by atoms with Crippen LogP contribution in [0.25, 0.3) is 0 Å². The summed E-state index contributed by atoms with van der Waals surface area (Å²) in [6.07, 6.45) is 0.789. The van der Waals surface area contributed by atoms with Crippen molar-refractivity contribution >= 4 is 23.5 Å². The smallest absolute Gasteiger partial charge is 0.358 e. The maximum Gasteiger partial charge on any atom is 0.358 e. The number of hydrogen-bond acceptors (Lipinski definition) is 5. The van der Waals surface area contributed by atoms with Gasteiger partial charge in [-0.05, 0) is 50.5 Å². The van der Waals surface area contributed by atoms with Crippen molar-refractivity contribution in [3.8, 4) is 0 Å². The zero-order valence-corrected chi connectivity index (χ0v) is 20.5. The Kier molecular flexibility index (Phi) is 6.73. The van der Waals surface area contributed by atoms with Crippen molar-refractivity contribution in [1.82, 2.24) is 15.1 Å². The van der Waals surface area contributed by atoms with Crippen LogP contribution in [0, 0.1) is 6.92 Å². The van der Waals surface area contributed by atoms with Crippen LogP contribution in [0.3, 0.4) is 0 Å². The van der Waals surface area contributed by atoms with E-state index in [0.29, 0.717) is 12.2 Å². The molecule has 4 rings (SSSR count). The largest absolute Gasteiger partial charge is 0.461 e. The fourth-order valence-electron chi connectivity index (χ4n) is 4.28. The van der Waals surface area contributed by atoms with E-state index in [-0.39, 0.29) is 30.4 Å². The fourth-order valence-corrected chi connectivity index (χ4v) is 4.28. The minimum atomic E-state index is -1.28. The van der Waals surface area contributed by atoms with E-state index in [1.807, 2.05) is 62.4 Å². The third kappa shape index (κ3) is 4.69. The van der Waals surface area contributed by atoms with Gasteiger partial charge < -0.3 is 10.1 Å². The first-order chi connectivity index (χ1) is 16.8. The standard InChI is InChI=1S/C27H30N4O4/c1-5-19-8-7-9-21(14-19)31-24(32)23-15-22(25(33)35-6-2)29-30(23)17-27(31,4)26(34)28-16-20-12-10-18(3)11-13-20/h7-15H,5-6,16-17H2,1-4H3,(H,28,34)/t27-/m1/s1. The summed E-state index contributed by atoms with van der Waals surface area (Å²) in [4.78, 5) is 41.2. The lowest BCUT2D eigenvalue weighted by molar-refractivity contribution is -0.126. The van der Waals surface area contributed by atoms with Gasteiger partial charge in [-0.2, -0.15) is 5.10 Å². The van der Waals surface area contributed by atoms with Gasteiger partial charge in [0.05, 0.1) is 13.2 Å². The number of anilines is 1. The van der Waals surface area contributed by atoms with Crippen molar-refractivity contribution in [2.45, 2.75) is 52.7 Å². The average molecular weight is 475 g/mol. The molecule has 3 aromatic rings. The van der Waals surface area contributed by atoms with Gasteiger partial charge in [0.25, 0.3) is 5.91 Å². The van der Waals surface area contributed by atoms with Gasteiger partial charge in [0.2, 0.25) is 5.91 Å². The molecule has 1 N–H and O–H groups in total. The molecule has 2 aromatic carbocycles. The number of hydrogen-bond donors (Lipinski definition) is 1. The molecule has 1 aliphatic rings. The number of nitrogens with one attached hydrogen (secondary N) is 1. The van der Waals surface area contributed by atoms with E-state index < -0.39 is 17.4 Å². The first-order valence-corrected chi connectivity index (χ1v) is 11.8. The van der Waals surface area contributed by atoms with Crippen molar-refractivity contribution < 1.29 is 19.1 Å². The number of nitrogens with zero attached hydrogens (tertiary/aromatic N) is 3. The Labute approximate surface area is 204 Å². The number of ether oxygens (including phenoxy) is 1. The lowest BCUT2D eigenvalue weighted by atomic mass is 9.93. The summed E-state index contributed by atoms with van der Waals surface area (Å²) in [6, 6.07) is 16.9. The van der Waals surface area contributed by atoms with E-state index >= 15 is 0 Å². The summed E-state index contributed by atoms with van der Waals surface area (Å²) in [5.74, 6) is -1.32. The monoisotopic (exact) mass is 474 g/mol. The molecule has 1 aromatic heterocycles. The molecule has 35 heavy (non-hydrogen) atoms. The predicted octanol–water partition coefficient (Wildman–Crippen LogP) is 3.67. The van der Waals surface area contributed by atoms with Gasteiger partial charge in [0.1, 0.15) is 11.2 Å². The molecule has 0 saturated heterocycles. The molecule has 0 radical (unpaired) electrons. The second-order valence-electron chi connectivity index (χ2n) is 8.90. The molecule has 8 nitrogen and oxygen atoms in total. The van der Waals surface area contributed by atoms with Gasteiger partial charge in [-0.1, -0.05) is 48.9 Å². The minimum absolute atomic E-state index is 0.0433. The van der Waals surface area contributed by atoms with Crippen molar-refractivity contribution in [1.29, 1.82) is 0 Å². The molecule has 0 bridgehead atoms. The Hall–Kier alpha value is -3.94. The number of aromatic nitrogens is 2. The molecule has 1 atom stereocenters. The highest BCUT2D eigenvalue weighted by Gasteiger charge is 2.49. The first-order valence-electron chi connectivity index (χ1n) is 11.8. The molecule has 0 saturated carbocycles. The van der Waals surface area contributed by atoms with E-state index in [1.54, 1.807) is 13.8 Å². The van der Waals surface area contributed by atoms with Crippen molar-refractivity contribution in [3.05, 3.63) is 82.7 Å². The van der Waals surface area contributed by atoms with Crippen LogP contribution in [-0.2, 0) is 29.0 Å². The molecule has 8 heteroatoms. The van der Waals surface area contributed by atoms with Crippen LogP contribution in [-0.4, -0.2) is 39.7 Å². The first kappa shape index (κ1) is 24.2. The Balaban J connectivity index is 1.72. The van der Waals surface area contributed by atoms with Gasteiger partial charge >= 0.3 is 5.97 Å². The maximum absolute atomic E-state index is 13.8. The molecule has 0 fully saturated rings. The highest BCUT2D eigenvalue weighted by atomic mass is 16.5. The number of fused-ring (bicyclic) bond motifs is 1. The number of benzene rings is 2. The van der Waals surface area contributed by atoms with Crippen molar-refractivity contribution in [2.75, 3.05) is 11.5 Å². The Bertz CT molecular complexity index is 1260. The van der Waals surface area contributed by atoms with Crippen LogP contribution < -0.4 is 10.2 Å². The minimum Gasteiger partial charge on any atom is -0.461 e. The number of rotatable bonds is 7. The second kappa shape index (κ2) is 9.74. The van der Waals surface area contributed by atoms with Gasteiger partial charge in [0, 0.05) is 18.3 Å². The van der Waals surface area contributed by atoms with E-state index in [9.17, 15) is 14.4 Å². The van der Waals surface area contributed by atoms with Gasteiger partial charge in [0.15, 0.2) is 5.69 Å². The highest BCUT2D eigenvalue weighted by molar-refractivity contribution is 6.12. The lowest BCUT2D eigenvalue weighted by Crippen LogP contribution is -2.64. The summed E-state index contributed by atoms with van der Waals surface area (Å²) in [5.41, 5.74) is 2.75. The Morgan fingerprint density at radius 2 is 1.83 bits per heavy atom. The molecule has 2 amide bonds. The topological polar surface area (TPSA) is 93.5 Å². The lowest BCUT2D eigenvalue weighted by Gasteiger charge is -2.43. The van der Waals surface area contributed by atoms with E-state index in [1.165, 1.54) is 15.6 Å². The van der Waals surface area contributed by atoms with Crippen LogP contribution >= 0.6 is 0 Å². The van der Waals surface area contributed by atoms with Crippen LogP contribution in [0.4, 0.5) is 5.69 Å². The number of carbonyl (C=O) groups is 3. The number of amides is 2. The third-order valence-electron chi connectivity index (χ3n) is 6.28. The molecule has 0 unspecified atom stereocenters. The molecule has 0 spiro atoms. The molecule has 0 aliphatic carbocycles. The van der Waals surface area contributed by atoms with E-state index in [4.69, 9.17) is 4.74 Å². The van der Waals surface area contributed by atoms with Crippen molar-refractivity contribution in [3.63, 3.8) is 0 Å². The van der Waals surface area contributed by atoms with Gasteiger partial charge in [-0.3, -0.25) is 19.2 Å². The number of aryl methyl sites for hydroxylation is 2. The molecule has 1 aliphatic heterocycles. The predicted molar refractivity (Wildman–Crippen MR) is 132 cm³/mol. The SMILES string of the molecule is CCOC(=O)c1cc2n(n1)C[C@](C)(C(=O)NCc1ccc(C)cc1)N(c1cccc(CC)c1)C2=O. The third-order valence-corrected chi connectivity index (χ3v) is 6.28. The van der Waals surface area contributed by atoms with Crippen LogP contribution in [0.5, 0.6) is 0 Å². The van der Waals surface area contributed by atoms with E-state index in [0.717, 1.165) is 23.1 Å². The highest BCUT2D eigenvalue weighted by Crippen LogP contribution is 2.33. The molecular formula is C27H30N4O4. The van der Waals surface area contributed by atoms with Crippen LogP contribution in [0.1, 0.15) is 58.4 Å². The van der Waals surface area contributed by atoms with Crippen molar-refractivity contribution in [2.24, 2.45) is 0 Å². The number of esters is 1. The maximum atomic E-state index is 13.8. The fraction of sp³-hybridized carbons (Fsp3) is 0.333. The second-order valence-corrected chi connectivity index (χ2v) is 8.90. The summed E-state index contributed by atoms with van der Waals surface area (Å²) < 4.78 is 6.49. The summed E-state index contributed by atoms with van der Waals surface area (Å²) in [6.45, 7) is 8.08. The van der Waals surface area contributed by atoms with Crippen LogP contribution in [0.2, 0.25) is 0 Å². The summed E-state index contributed by atoms with van der Waals surface area (Å²) >= 11 is 0. The van der Waals surface area contributed by atoms with Crippen LogP contribution in [0.15, 0.2) is 54.6 Å². The van der Waals surface area contributed by atoms with E-state index in [2.05, 4.69) is 10.4 Å². The van der Waals surface area contributed by atoms with Gasteiger partial charge in [-0.15, -0.1) is 0 Å².